The van der Waals surface area contributed by atoms with Gasteiger partial charge in [0.2, 0.25) is 0 Å². The van der Waals surface area contributed by atoms with Gasteiger partial charge in [-0.25, -0.2) is 9.97 Å². The molecular weight excluding hydrogens is 229 g/mol. The first-order chi connectivity index (χ1) is 4.20. The van der Waals surface area contributed by atoms with Crippen LogP contribution in [0.1, 0.15) is 5.82 Å². The zero-order chi connectivity index (χ0) is 6.85. The van der Waals surface area contributed by atoms with E-state index in [1.54, 1.807) is 6.20 Å². The van der Waals surface area contributed by atoms with Crippen LogP contribution in [0.3, 0.4) is 0 Å². The summed E-state index contributed by atoms with van der Waals surface area (Å²) in [6.45, 7) is 1.81. The number of anilines is 1. The molecule has 0 bridgehead atoms. The fraction of sp³-hybridized carbons (Fsp3) is 0.200. The Labute approximate surface area is 66.8 Å². The summed E-state index contributed by atoms with van der Waals surface area (Å²) in [6.07, 6.45) is 1.71. The van der Waals surface area contributed by atoms with Gasteiger partial charge in [0.25, 0.3) is 0 Å². The van der Waals surface area contributed by atoms with E-state index in [0.29, 0.717) is 11.6 Å². The highest BCUT2D eigenvalue weighted by Gasteiger charge is 1.94. The highest BCUT2D eigenvalue weighted by molar-refractivity contribution is 14.1. The minimum Gasteiger partial charge on any atom is -0.383 e. The van der Waals surface area contributed by atoms with Crippen molar-refractivity contribution >= 4 is 28.4 Å². The number of aryl methyl sites for hydroxylation is 1. The van der Waals surface area contributed by atoms with Crippen LogP contribution in [0.4, 0.5) is 5.82 Å². The summed E-state index contributed by atoms with van der Waals surface area (Å²) in [5.74, 6) is 1.27. The second kappa shape index (κ2) is 2.47. The standard InChI is InChI=1S/C5H6IN3/c1-3-8-2-4(6)5(7)9-3/h2H,1H3,(H2,7,8,9). The molecule has 2 N–H and O–H groups in total. The van der Waals surface area contributed by atoms with Gasteiger partial charge in [0.1, 0.15) is 11.6 Å². The lowest BCUT2D eigenvalue weighted by atomic mass is 10.5. The molecule has 0 radical (unpaired) electrons. The molecule has 0 aliphatic rings. The molecule has 0 saturated heterocycles. The van der Waals surface area contributed by atoms with E-state index in [-0.39, 0.29) is 0 Å². The van der Waals surface area contributed by atoms with Gasteiger partial charge in [-0.3, -0.25) is 0 Å². The minimum absolute atomic E-state index is 0.558. The van der Waals surface area contributed by atoms with E-state index >= 15 is 0 Å². The summed E-state index contributed by atoms with van der Waals surface area (Å²) >= 11 is 2.09. The summed E-state index contributed by atoms with van der Waals surface area (Å²) < 4.78 is 0.901. The Morgan fingerprint density at radius 1 is 1.67 bits per heavy atom. The second-order valence-corrected chi connectivity index (χ2v) is 2.81. The monoisotopic (exact) mass is 235 g/mol. The van der Waals surface area contributed by atoms with Crippen LogP contribution < -0.4 is 5.73 Å². The topological polar surface area (TPSA) is 51.8 Å². The quantitative estimate of drug-likeness (QED) is 0.681. The average molecular weight is 235 g/mol. The third-order valence-electron chi connectivity index (χ3n) is 0.892. The molecule has 1 heterocycles. The molecule has 1 aromatic heterocycles. The maximum Gasteiger partial charge on any atom is 0.140 e. The molecular formula is C5H6IN3. The average Bonchev–Trinajstić information content (AvgIpc) is 1.80. The molecule has 9 heavy (non-hydrogen) atoms. The Hall–Kier alpha value is -0.390. The van der Waals surface area contributed by atoms with Crippen molar-refractivity contribution in [3.8, 4) is 0 Å². The first-order valence-electron chi connectivity index (χ1n) is 2.45. The molecule has 0 amide bonds. The van der Waals surface area contributed by atoms with Crippen LogP contribution in [0.5, 0.6) is 0 Å². The lowest BCUT2D eigenvalue weighted by molar-refractivity contribution is 1.05. The molecule has 0 atom stereocenters. The Balaban J connectivity index is 3.17. The predicted molar refractivity (Wildman–Crippen MR) is 43.9 cm³/mol. The van der Waals surface area contributed by atoms with Crippen molar-refractivity contribution in [1.29, 1.82) is 0 Å². The molecule has 48 valence electrons. The Morgan fingerprint density at radius 3 is 2.78 bits per heavy atom. The smallest absolute Gasteiger partial charge is 0.140 e. The second-order valence-electron chi connectivity index (χ2n) is 1.65. The fourth-order valence-electron chi connectivity index (χ4n) is 0.473. The molecule has 0 aliphatic heterocycles. The third kappa shape index (κ3) is 1.51. The highest BCUT2D eigenvalue weighted by Crippen LogP contribution is 2.08. The molecule has 0 aliphatic carbocycles. The van der Waals surface area contributed by atoms with E-state index in [2.05, 4.69) is 32.6 Å². The SMILES string of the molecule is Cc1ncc(I)c(N)n1. The molecule has 0 spiro atoms. The molecule has 0 unspecified atom stereocenters. The maximum absolute atomic E-state index is 5.46. The van der Waals surface area contributed by atoms with E-state index in [9.17, 15) is 0 Å². The number of hydrogen-bond donors (Lipinski definition) is 1. The van der Waals surface area contributed by atoms with Crippen molar-refractivity contribution < 1.29 is 0 Å². The van der Waals surface area contributed by atoms with Gasteiger partial charge < -0.3 is 5.73 Å². The van der Waals surface area contributed by atoms with Gasteiger partial charge >= 0.3 is 0 Å². The number of aromatic nitrogens is 2. The number of nitrogens with two attached hydrogens (primary N) is 1. The zero-order valence-electron chi connectivity index (χ0n) is 4.93. The number of hydrogen-bond acceptors (Lipinski definition) is 3. The van der Waals surface area contributed by atoms with Crippen molar-refractivity contribution in [1.82, 2.24) is 9.97 Å². The molecule has 0 fully saturated rings. The van der Waals surface area contributed by atoms with Crippen molar-refractivity contribution in [3.05, 3.63) is 15.6 Å². The van der Waals surface area contributed by atoms with Gasteiger partial charge in [-0.05, 0) is 29.5 Å². The zero-order valence-corrected chi connectivity index (χ0v) is 7.08. The molecule has 0 saturated carbocycles. The summed E-state index contributed by atoms with van der Waals surface area (Å²) in [6, 6.07) is 0. The van der Waals surface area contributed by atoms with Gasteiger partial charge in [0, 0.05) is 6.20 Å². The lowest BCUT2D eigenvalue weighted by Crippen LogP contribution is -1.97. The largest absolute Gasteiger partial charge is 0.383 e. The maximum atomic E-state index is 5.46. The molecule has 3 nitrogen and oxygen atoms in total. The third-order valence-corrected chi connectivity index (χ3v) is 1.72. The summed E-state index contributed by atoms with van der Waals surface area (Å²) in [5.41, 5.74) is 5.46. The van der Waals surface area contributed by atoms with Crippen LogP contribution in [0, 0.1) is 10.5 Å². The van der Waals surface area contributed by atoms with Gasteiger partial charge in [0.05, 0.1) is 3.57 Å². The molecule has 0 aromatic carbocycles. The Morgan fingerprint density at radius 2 is 2.33 bits per heavy atom. The Kier molecular flexibility index (Phi) is 1.84. The summed E-state index contributed by atoms with van der Waals surface area (Å²) in [5, 5.41) is 0. The number of halogens is 1. The van der Waals surface area contributed by atoms with E-state index in [1.165, 1.54) is 0 Å². The number of nitrogens with zero attached hydrogens (tertiary/aromatic N) is 2. The molecule has 1 aromatic rings. The molecule has 1 rings (SSSR count). The van der Waals surface area contributed by atoms with Gasteiger partial charge in [-0.1, -0.05) is 0 Å². The predicted octanol–water partition coefficient (Wildman–Crippen LogP) is 0.972. The van der Waals surface area contributed by atoms with Crippen molar-refractivity contribution in [3.63, 3.8) is 0 Å². The van der Waals surface area contributed by atoms with E-state index in [0.717, 1.165) is 3.57 Å². The number of rotatable bonds is 0. The normalized spacial score (nSPS) is 9.56. The van der Waals surface area contributed by atoms with Crippen LogP contribution in [0.25, 0.3) is 0 Å². The lowest BCUT2D eigenvalue weighted by Gasteiger charge is -1.94. The fourth-order valence-corrected chi connectivity index (χ4v) is 0.733. The van der Waals surface area contributed by atoms with E-state index in [4.69, 9.17) is 5.73 Å². The van der Waals surface area contributed by atoms with Crippen molar-refractivity contribution in [2.75, 3.05) is 5.73 Å². The van der Waals surface area contributed by atoms with Crippen molar-refractivity contribution in [2.45, 2.75) is 6.92 Å². The van der Waals surface area contributed by atoms with E-state index in [1.807, 2.05) is 6.92 Å². The first-order valence-corrected chi connectivity index (χ1v) is 3.52. The van der Waals surface area contributed by atoms with Gasteiger partial charge in [-0.2, -0.15) is 0 Å². The first kappa shape index (κ1) is 6.73. The van der Waals surface area contributed by atoms with Gasteiger partial charge in [0.15, 0.2) is 0 Å². The van der Waals surface area contributed by atoms with Crippen LogP contribution in [-0.2, 0) is 0 Å². The summed E-state index contributed by atoms with van der Waals surface area (Å²) in [7, 11) is 0. The van der Waals surface area contributed by atoms with Crippen LogP contribution in [-0.4, -0.2) is 9.97 Å². The summed E-state index contributed by atoms with van der Waals surface area (Å²) in [4.78, 5) is 7.87. The number of nitrogen functional groups attached to an aromatic ring is 1. The van der Waals surface area contributed by atoms with E-state index < -0.39 is 0 Å². The molecule has 4 heteroatoms. The van der Waals surface area contributed by atoms with Crippen LogP contribution >= 0.6 is 22.6 Å². The van der Waals surface area contributed by atoms with Crippen LogP contribution in [0.15, 0.2) is 6.20 Å². The minimum atomic E-state index is 0.558. The van der Waals surface area contributed by atoms with Crippen LogP contribution in [0.2, 0.25) is 0 Å². The highest BCUT2D eigenvalue weighted by atomic mass is 127. The van der Waals surface area contributed by atoms with Gasteiger partial charge in [-0.15, -0.1) is 0 Å². The Bertz CT molecular complexity index is 223. The van der Waals surface area contributed by atoms with Crippen molar-refractivity contribution in [2.24, 2.45) is 0 Å².